The van der Waals surface area contributed by atoms with Crippen LogP contribution in [-0.2, 0) is 0 Å². The molecule has 124 valence electrons. The number of aromatic nitrogens is 2. The number of piperidine rings is 1. The van der Waals surface area contributed by atoms with Crippen molar-refractivity contribution in [2.24, 2.45) is 0 Å². The summed E-state index contributed by atoms with van der Waals surface area (Å²) in [4.78, 5) is 10.7. The topological polar surface area (TPSA) is 41.1 Å². The maximum absolute atomic E-state index is 5.30. The van der Waals surface area contributed by atoms with Crippen LogP contribution < -0.4 is 9.64 Å². The van der Waals surface area contributed by atoms with Crippen LogP contribution in [0.25, 0.3) is 22.4 Å². The standard InChI is InChI=1S/C20H23N3O/c1-14-6-7-15(12-19(14)23-10-4-3-5-11-23)20-21-17-9-8-16(24-2)13-18(17)22-20/h6-9,12-13H,3-5,10-11H2,1-2H3,(H,21,22). The van der Waals surface area contributed by atoms with Gasteiger partial charge in [-0.25, -0.2) is 4.98 Å². The summed E-state index contributed by atoms with van der Waals surface area (Å²) in [5, 5.41) is 0. The van der Waals surface area contributed by atoms with Crippen LogP contribution >= 0.6 is 0 Å². The van der Waals surface area contributed by atoms with Gasteiger partial charge < -0.3 is 14.6 Å². The Kier molecular flexibility index (Phi) is 3.89. The van der Waals surface area contributed by atoms with Crippen LogP contribution in [0, 0.1) is 6.92 Å². The molecule has 0 amide bonds. The van der Waals surface area contributed by atoms with E-state index in [-0.39, 0.29) is 0 Å². The molecule has 2 aromatic carbocycles. The minimum absolute atomic E-state index is 0.843. The predicted octanol–water partition coefficient (Wildman–Crippen LogP) is 4.54. The zero-order chi connectivity index (χ0) is 16.5. The van der Waals surface area contributed by atoms with Crippen molar-refractivity contribution in [2.45, 2.75) is 26.2 Å². The number of hydrogen-bond acceptors (Lipinski definition) is 3. The number of nitrogens with zero attached hydrogens (tertiary/aromatic N) is 2. The van der Waals surface area contributed by atoms with E-state index in [9.17, 15) is 0 Å². The summed E-state index contributed by atoms with van der Waals surface area (Å²) in [6, 6.07) is 12.6. The van der Waals surface area contributed by atoms with Crippen molar-refractivity contribution in [3.05, 3.63) is 42.0 Å². The van der Waals surface area contributed by atoms with Gasteiger partial charge in [-0.05, 0) is 49.9 Å². The maximum atomic E-state index is 5.30. The molecule has 0 spiro atoms. The average molecular weight is 321 g/mol. The van der Waals surface area contributed by atoms with Gasteiger partial charge in [-0.15, -0.1) is 0 Å². The molecular weight excluding hydrogens is 298 g/mol. The second-order valence-electron chi connectivity index (χ2n) is 6.52. The second-order valence-corrected chi connectivity index (χ2v) is 6.52. The van der Waals surface area contributed by atoms with Crippen molar-refractivity contribution in [3.8, 4) is 17.1 Å². The van der Waals surface area contributed by atoms with E-state index >= 15 is 0 Å². The molecule has 1 aliphatic heterocycles. The van der Waals surface area contributed by atoms with Crippen molar-refractivity contribution in [1.29, 1.82) is 0 Å². The van der Waals surface area contributed by atoms with Crippen molar-refractivity contribution >= 4 is 16.7 Å². The minimum Gasteiger partial charge on any atom is -0.497 e. The highest BCUT2D eigenvalue weighted by atomic mass is 16.5. The molecule has 4 rings (SSSR count). The van der Waals surface area contributed by atoms with Crippen molar-refractivity contribution < 1.29 is 4.74 Å². The van der Waals surface area contributed by atoms with E-state index in [1.54, 1.807) is 7.11 Å². The van der Waals surface area contributed by atoms with Crippen LogP contribution in [0.3, 0.4) is 0 Å². The van der Waals surface area contributed by atoms with Crippen molar-refractivity contribution in [1.82, 2.24) is 9.97 Å². The number of fused-ring (bicyclic) bond motifs is 1. The second kappa shape index (κ2) is 6.19. The summed E-state index contributed by atoms with van der Waals surface area (Å²) >= 11 is 0. The van der Waals surface area contributed by atoms with Crippen LogP contribution in [0.5, 0.6) is 5.75 Å². The number of ether oxygens (including phenoxy) is 1. The fourth-order valence-corrected chi connectivity index (χ4v) is 3.48. The van der Waals surface area contributed by atoms with Gasteiger partial charge in [-0.2, -0.15) is 0 Å². The Morgan fingerprint density at radius 1 is 1.04 bits per heavy atom. The van der Waals surface area contributed by atoms with Gasteiger partial charge in [0, 0.05) is 30.4 Å². The number of aromatic amines is 1. The van der Waals surface area contributed by atoms with E-state index in [1.807, 2.05) is 18.2 Å². The lowest BCUT2D eigenvalue weighted by atomic mass is 10.1. The molecule has 0 atom stereocenters. The first-order valence-electron chi connectivity index (χ1n) is 8.64. The van der Waals surface area contributed by atoms with Gasteiger partial charge in [0.05, 0.1) is 18.1 Å². The fourth-order valence-electron chi connectivity index (χ4n) is 3.48. The molecule has 1 fully saturated rings. The fraction of sp³-hybridized carbons (Fsp3) is 0.350. The van der Waals surface area contributed by atoms with Crippen LogP contribution in [0.1, 0.15) is 24.8 Å². The smallest absolute Gasteiger partial charge is 0.138 e. The maximum Gasteiger partial charge on any atom is 0.138 e. The molecule has 1 aliphatic rings. The molecule has 1 N–H and O–H groups in total. The summed E-state index contributed by atoms with van der Waals surface area (Å²) in [6.07, 6.45) is 3.92. The Morgan fingerprint density at radius 2 is 1.88 bits per heavy atom. The van der Waals surface area contributed by atoms with Gasteiger partial charge in [0.25, 0.3) is 0 Å². The Morgan fingerprint density at radius 3 is 2.67 bits per heavy atom. The number of anilines is 1. The normalized spacial score (nSPS) is 15.0. The van der Waals surface area contributed by atoms with E-state index in [0.717, 1.165) is 41.3 Å². The van der Waals surface area contributed by atoms with Gasteiger partial charge in [0.15, 0.2) is 0 Å². The number of imidazole rings is 1. The molecule has 0 unspecified atom stereocenters. The largest absolute Gasteiger partial charge is 0.497 e. The number of methoxy groups -OCH3 is 1. The van der Waals surface area contributed by atoms with Gasteiger partial charge in [0.1, 0.15) is 11.6 Å². The lowest BCUT2D eigenvalue weighted by Gasteiger charge is -2.30. The molecule has 0 saturated carbocycles. The molecule has 4 nitrogen and oxygen atoms in total. The molecule has 2 heterocycles. The predicted molar refractivity (Wildman–Crippen MR) is 98.9 cm³/mol. The zero-order valence-electron chi connectivity index (χ0n) is 14.3. The highest BCUT2D eigenvalue weighted by Crippen LogP contribution is 2.30. The van der Waals surface area contributed by atoms with E-state index in [4.69, 9.17) is 9.72 Å². The average Bonchev–Trinajstić information content (AvgIpc) is 3.06. The van der Waals surface area contributed by atoms with E-state index in [1.165, 1.54) is 30.5 Å². The zero-order valence-corrected chi connectivity index (χ0v) is 14.3. The molecule has 0 aliphatic carbocycles. The van der Waals surface area contributed by atoms with Crippen LogP contribution in [0.4, 0.5) is 5.69 Å². The number of hydrogen-bond donors (Lipinski definition) is 1. The number of H-pyrrole nitrogens is 1. The SMILES string of the molecule is COc1ccc2nc(-c3ccc(C)c(N4CCCCC4)c3)[nH]c2c1. The van der Waals surface area contributed by atoms with E-state index in [0.29, 0.717) is 0 Å². The molecule has 1 aromatic heterocycles. The highest BCUT2D eigenvalue weighted by molar-refractivity contribution is 5.81. The number of rotatable bonds is 3. The van der Waals surface area contributed by atoms with Crippen LogP contribution in [-0.4, -0.2) is 30.2 Å². The highest BCUT2D eigenvalue weighted by Gasteiger charge is 2.15. The molecule has 24 heavy (non-hydrogen) atoms. The molecule has 1 saturated heterocycles. The minimum atomic E-state index is 0.843. The van der Waals surface area contributed by atoms with Gasteiger partial charge >= 0.3 is 0 Å². The van der Waals surface area contributed by atoms with E-state index < -0.39 is 0 Å². The number of benzene rings is 2. The molecular formula is C20H23N3O. The van der Waals surface area contributed by atoms with Gasteiger partial charge in [-0.3, -0.25) is 0 Å². The first kappa shape index (κ1) is 15.1. The van der Waals surface area contributed by atoms with Crippen molar-refractivity contribution in [2.75, 3.05) is 25.1 Å². The summed E-state index contributed by atoms with van der Waals surface area (Å²) in [6.45, 7) is 4.50. The molecule has 3 aromatic rings. The first-order chi connectivity index (χ1) is 11.7. The quantitative estimate of drug-likeness (QED) is 0.770. The molecule has 0 radical (unpaired) electrons. The summed E-state index contributed by atoms with van der Waals surface area (Å²) in [5.74, 6) is 1.76. The van der Waals surface area contributed by atoms with Crippen LogP contribution in [0.15, 0.2) is 36.4 Å². The summed E-state index contributed by atoms with van der Waals surface area (Å²) < 4.78 is 5.30. The van der Waals surface area contributed by atoms with Crippen LogP contribution in [0.2, 0.25) is 0 Å². The van der Waals surface area contributed by atoms with Crippen molar-refractivity contribution in [3.63, 3.8) is 0 Å². The van der Waals surface area contributed by atoms with E-state index in [2.05, 4.69) is 35.0 Å². The third kappa shape index (κ3) is 2.73. The lowest BCUT2D eigenvalue weighted by Crippen LogP contribution is -2.29. The third-order valence-electron chi connectivity index (χ3n) is 4.87. The number of nitrogens with one attached hydrogen (secondary N) is 1. The third-order valence-corrected chi connectivity index (χ3v) is 4.87. The Balaban J connectivity index is 1.73. The van der Waals surface area contributed by atoms with Gasteiger partial charge in [0.2, 0.25) is 0 Å². The summed E-state index contributed by atoms with van der Waals surface area (Å²) in [5.41, 5.74) is 5.77. The number of aryl methyl sites for hydroxylation is 1. The Labute approximate surface area is 142 Å². The Hall–Kier alpha value is -2.49. The Bertz CT molecular complexity index is 862. The first-order valence-corrected chi connectivity index (χ1v) is 8.64. The lowest BCUT2D eigenvalue weighted by molar-refractivity contribution is 0.415. The molecule has 4 heteroatoms. The summed E-state index contributed by atoms with van der Waals surface area (Å²) in [7, 11) is 1.68. The van der Waals surface area contributed by atoms with Gasteiger partial charge in [-0.1, -0.05) is 12.1 Å². The molecule has 0 bridgehead atoms. The monoisotopic (exact) mass is 321 g/mol.